The molecular weight excluding hydrogens is 270 g/mol. The number of Topliss-reactive ketones (excluding diaryl/α,β-unsaturated/α-hetero) is 1. The monoisotopic (exact) mass is 289 g/mol. The lowest BCUT2D eigenvalue weighted by Gasteiger charge is -2.06. The zero-order valence-electron chi connectivity index (χ0n) is 12.3. The second-order valence-electron chi connectivity index (χ2n) is 4.52. The number of ketones is 1. The van der Waals surface area contributed by atoms with Crippen LogP contribution >= 0.6 is 0 Å². The van der Waals surface area contributed by atoms with Gasteiger partial charge in [0.15, 0.2) is 5.78 Å². The Morgan fingerprint density at radius 1 is 1.19 bits per heavy atom. The number of ether oxygens (including phenoxy) is 1. The standard InChI is InChI=1S/C16H17NO3.H2O/c1-4-20-16(19)15-14(12-8-6-5-7-9-12)13(11(3)18)10(2)17-15;/h5-9,17H,4H2,1-3H3;1H2. The number of esters is 1. The lowest BCUT2D eigenvalue weighted by molar-refractivity contribution is 0.0521. The summed E-state index contributed by atoms with van der Waals surface area (Å²) in [5, 5.41) is 0. The fourth-order valence-electron chi connectivity index (χ4n) is 2.31. The molecule has 2 aromatic rings. The number of H-pyrrole nitrogens is 1. The molecule has 0 spiro atoms. The van der Waals surface area contributed by atoms with Gasteiger partial charge in [0, 0.05) is 16.8 Å². The average Bonchev–Trinajstić information content (AvgIpc) is 2.78. The molecule has 0 saturated carbocycles. The van der Waals surface area contributed by atoms with Crippen LogP contribution in [0, 0.1) is 6.92 Å². The number of carbonyl (C=O) groups is 2. The number of aryl methyl sites for hydroxylation is 1. The van der Waals surface area contributed by atoms with Crippen molar-refractivity contribution in [1.82, 2.24) is 4.98 Å². The molecule has 21 heavy (non-hydrogen) atoms. The van der Waals surface area contributed by atoms with E-state index in [2.05, 4.69) is 4.98 Å². The van der Waals surface area contributed by atoms with Gasteiger partial charge in [-0.3, -0.25) is 4.79 Å². The predicted molar refractivity (Wildman–Crippen MR) is 80.5 cm³/mol. The molecule has 0 unspecified atom stereocenters. The number of carbonyl (C=O) groups excluding carboxylic acids is 2. The van der Waals surface area contributed by atoms with E-state index in [1.165, 1.54) is 6.92 Å². The minimum Gasteiger partial charge on any atom is -0.461 e. The van der Waals surface area contributed by atoms with Crippen LogP contribution in [-0.4, -0.2) is 28.8 Å². The normalized spacial score (nSPS) is 9.86. The van der Waals surface area contributed by atoms with Crippen LogP contribution in [0.4, 0.5) is 0 Å². The van der Waals surface area contributed by atoms with Gasteiger partial charge in [0.05, 0.1) is 6.61 Å². The third-order valence-corrected chi connectivity index (χ3v) is 3.08. The highest BCUT2D eigenvalue weighted by Crippen LogP contribution is 2.31. The Morgan fingerprint density at radius 3 is 2.33 bits per heavy atom. The Hall–Kier alpha value is -2.40. The number of hydrogen-bond acceptors (Lipinski definition) is 3. The number of rotatable bonds is 4. The van der Waals surface area contributed by atoms with E-state index >= 15 is 0 Å². The number of aromatic nitrogens is 1. The number of aromatic amines is 1. The van der Waals surface area contributed by atoms with Gasteiger partial charge in [0.25, 0.3) is 0 Å². The maximum atomic E-state index is 12.1. The second-order valence-corrected chi connectivity index (χ2v) is 4.52. The van der Waals surface area contributed by atoms with Crippen LogP contribution in [0.15, 0.2) is 30.3 Å². The number of benzene rings is 1. The first-order valence-electron chi connectivity index (χ1n) is 6.52. The van der Waals surface area contributed by atoms with E-state index in [1.807, 2.05) is 30.3 Å². The van der Waals surface area contributed by atoms with Crippen molar-refractivity contribution in [2.45, 2.75) is 20.8 Å². The summed E-state index contributed by atoms with van der Waals surface area (Å²) in [5.74, 6) is -0.518. The molecule has 0 bridgehead atoms. The van der Waals surface area contributed by atoms with Crippen LogP contribution < -0.4 is 0 Å². The van der Waals surface area contributed by atoms with Crippen LogP contribution in [0.25, 0.3) is 11.1 Å². The molecular formula is C16H19NO4. The minimum absolute atomic E-state index is 0. The number of nitrogens with one attached hydrogen (secondary N) is 1. The zero-order chi connectivity index (χ0) is 14.7. The van der Waals surface area contributed by atoms with Crippen LogP contribution in [-0.2, 0) is 4.74 Å². The quantitative estimate of drug-likeness (QED) is 0.692. The fraction of sp³-hybridized carbons (Fsp3) is 0.250. The largest absolute Gasteiger partial charge is 0.461 e. The molecule has 0 saturated heterocycles. The Labute approximate surface area is 123 Å². The summed E-state index contributed by atoms with van der Waals surface area (Å²) < 4.78 is 5.06. The van der Waals surface area contributed by atoms with E-state index in [0.717, 1.165) is 5.56 Å². The summed E-state index contributed by atoms with van der Waals surface area (Å²) in [6.07, 6.45) is 0. The first-order chi connectivity index (χ1) is 9.56. The van der Waals surface area contributed by atoms with E-state index in [0.29, 0.717) is 29.1 Å². The molecule has 1 aromatic carbocycles. The maximum absolute atomic E-state index is 12.1. The Bertz CT molecular complexity index is 644. The summed E-state index contributed by atoms with van der Waals surface area (Å²) in [5.41, 5.74) is 3.00. The molecule has 3 N–H and O–H groups in total. The lowest BCUT2D eigenvalue weighted by atomic mass is 9.98. The smallest absolute Gasteiger partial charge is 0.355 e. The highest BCUT2D eigenvalue weighted by atomic mass is 16.5. The molecule has 0 atom stereocenters. The molecule has 112 valence electrons. The predicted octanol–water partition coefficient (Wildman–Crippen LogP) is 2.54. The molecule has 0 aliphatic heterocycles. The molecule has 5 nitrogen and oxygen atoms in total. The van der Waals surface area contributed by atoms with Gasteiger partial charge in [0.1, 0.15) is 5.69 Å². The summed E-state index contributed by atoms with van der Waals surface area (Å²) in [6.45, 7) is 5.33. The lowest BCUT2D eigenvalue weighted by Crippen LogP contribution is -2.07. The van der Waals surface area contributed by atoms with Crippen molar-refractivity contribution in [3.63, 3.8) is 0 Å². The second kappa shape index (κ2) is 6.85. The molecule has 0 fully saturated rings. The Morgan fingerprint density at radius 2 is 1.81 bits per heavy atom. The van der Waals surface area contributed by atoms with E-state index < -0.39 is 5.97 Å². The van der Waals surface area contributed by atoms with Crippen LogP contribution in [0.2, 0.25) is 0 Å². The summed E-state index contributed by atoms with van der Waals surface area (Å²) >= 11 is 0. The maximum Gasteiger partial charge on any atom is 0.355 e. The first-order valence-corrected chi connectivity index (χ1v) is 6.52. The molecule has 0 aliphatic carbocycles. The summed E-state index contributed by atoms with van der Waals surface area (Å²) in [6, 6.07) is 9.38. The van der Waals surface area contributed by atoms with E-state index in [9.17, 15) is 9.59 Å². The molecule has 1 aromatic heterocycles. The van der Waals surface area contributed by atoms with Gasteiger partial charge < -0.3 is 15.2 Å². The van der Waals surface area contributed by atoms with E-state index in [-0.39, 0.29) is 11.3 Å². The van der Waals surface area contributed by atoms with Gasteiger partial charge >= 0.3 is 5.97 Å². The third-order valence-electron chi connectivity index (χ3n) is 3.08. The molecule has 2 rings (SSSR count). The van der Waals surface area contributed by atoms with Gasteiger partial charge in [-0.05, 0) is 26.3 Å². The van der Waals surface area contributed by atoms with E-state index in [1.54, 1.807) is 13.8 Å². The fourth-order valence-corrected chi connectivity index (χ4v) is 2.31. The van der Waals surface area contributed by atoms with Crippen LogP contribution in [0.5, 0.6) is 0 Å². The molecule has 1 heterocycles. The first kappa shape index (κ1) is 16.7. The zero-order valence-corrected chi connectivity index (χ0v) is 12.3. The van der Waals surface area contributed by atoms with Gasteiger partial charge in [-0.15, -0.1) is 0 Å². The van der Waals surface area contributed by atoms with Gasteiger partial charge in [0.2, 0.25) is 0 Å². The van der Waals surface area contributed by atoms with Crippen molar-refractivity contribution in [3.8, 4) is 11.1 Å². The minimum atomic E-state index is -0.443. The van der Waals surface area contributed by atoms with Gasteiger partial charge in [-0.1, -0.05) is 30.3 Å². The molecule has 0 aliphatic rings. The van der Waals surface area contributed by atoms with Crippen LogP contribution in [0.3, 0.4) is 0 Å². The highest BCUT2D eigenvalue weighted by molar-refractivity contribution is 6.08. The van der Waals surface area contributed by atoms with Gasteiger partial charge in [-0.2, -0.15) is 0 Å². The van der Waals surface area contributed by atoms with Crippen molar-refractivity contribution < 1.29 is 19.8 Å². The van der Waals surface area contributed by atoms with Crippen molar-refractivity contribution in [2.75, 3.05) is 6.61 Å². The topological polar surface area (TPSA) is 90.7 Å². The highest BCUT2D eigenvalue weighted by Gasteiger charge is 2.24. The van der Waals surface area contributed by atoms with E-state index in [4.69, 9.17) is 4.74 Å². The Kier molecular flexibility index (Phi) is 5.44. The van der Waals surface area contributed by atoms with Crippen LogP contribution in [0.1, 0.15) is 40.4 Å². The van der Waals surface area contributed by atoms with Crippen molar-refractivity contribution >= 4 is 11.8 Å². The molecule has 0 radical (unpaired) electrons. The summed E-state index contributed by atoms with van der Waals surface area (Å²) in [4.78, 5) is 26.9. The molecule has 5 heteroatoms. The number of hydrogen-bond donors (Lipinski definition) is 1. The summed E-state index contributed by atoms with van der Waals surface area (Å²) in [7, 11) is 0. The Balaban J connectivity index is 0.00000220. The third kappa shape index (κ3) is 3.20. The molecule has 0 amide bonds. The van der Waals surface area contributed by atoms with Crippen molar-refractivity contribution in [2.24, 2.45) is 0 Å². The SMILES string of the molecule is CCOC(=O)c1[nH]c(C)c(C(C)=O)c1-c1ccccc1.O. The van der Waals surface area contributed by atoms with Crippen molar-refractivity contribution in [1.29, 1.82) is 0 Å². The average molecular weight is 289 g/mol. The van der Waals surface area contributed by atoms with Gasteiger partial charge in [-0.25, -0.2) is 4.79 Å². The van der Waals surface area contributed by atoms with Crippen molar-refractivity contribution in [3.05, 3.63) is 47.3 Å².